The van der Waals surface area contributed by atoms with Gasteiger partial charge in [-0.15, -0.1) is 0 Å². The predicted octanol–water partition coefficient (Wildman–Crippen LogP) is 2.31. The van der Waals surface area contributed by atoms with Gasteiger partial charge in [0.05, 0.1) is 5.41 Å². The van der Waals surface area contributed by atoms with Gasteiger partial charge < -0.3 is 10.6 Å². The van der Waals surface area contributed by atoms with Crippen LogP contribution in [-0.2, 0) is 16.1 Å². The van der Waals surface area contributed by atoms with Gasteiger partial charge in [0.25, 0.3) is 0 Å². The van der Waals surface area contributed by atoms with Crippen molar-refractivity contribution in [3.63, 3.8) is 0 Å². The number of nitrogens with one attached hydrogen (secondary N) is 2. The minimum absolute atomic E-state index is 0.00411. The fraction of sp³-hybridized carbons (Fsp3) is 0.680. The molecule has 3 fully saturated rings. The lowest BCUT2D eigenvalue weighted by Gasteiger charge is -2.32. The highest BCUT2D eigenvalue weighted by molar-refractivity contribution is 5.94. The molecule has 0 bridgehead atoms. The summed E-state index contributed by atoms with van der Waals surface area (Å²) in [6.45, 7) is 12.1. The van der Waals surface area contributed by atoms with Crippen molar-refractivity contribution >= 4 is 11.8 Å². The standard InChI is InChI=1S/C25H38N4O2/c1-18(2)29-13-10-25(17-29)14-22(27-24(25)31)23(30)26-15-20-8-11-28(12-9-20)16-21-7-5-4-6-19(21)3/h4-7,18,20,22H,8-17H2,1-3H3,(H,26,30)(H,27,31)/t22-,25+/m0/s1. The Hall–Kier alpha value is -1.92. The summed E-state index contributed by atoms with van der Waals surface area (Å²) in [5.74, 6) is 0.585. The normalized spacial score (nSPS) is 27.9. The molecule has 3 saturated heterocycles. The number of carbonyl (C=O) groups excluding carboxylic acids is 2. The van der Waals surface area contributed by atoms with Crippen LogP contribution in [0.2, 0.25) is 0 Å². The zero-order valence-corrected chi connectivity index (χ0v) is 19.3. The van der Waals surface area contributed by atoms with Crippen molar-refractivity contribution in [3.8, 4) is 0 Å². The van der Waals surface area contributed by atoms with Gasteiger partial charge in [-0.2, -0.15) is 0 Å². The summed E-state index contributed by atoms with van der Waals surface area (Å²) >= 11 is 0. The molecule has 0 aromatic heterocycles. The maximum atomic E-state index is 12.8. The summed E-state index contributed by atoms with van der Waals surface area (Å²) in [4.78, 5) is 30.3. The molecule has 2 amide bonds. The largest absolute Gasteiger partial charge is 0.354 e. The molecule has 0 aliphatic carbocycles. The number of piperidine rings is 1. The van der Waals surface area contributed by atoms with Crippen molar-refractivity contribution in [2.45, 2.75) is 65.1 Å². The lowest BCUT2D eigenvalue weighted by molar-refractivity contribution is -0.128. The van der Waals surface area contributed by atoms with Crippen LogP contribution in [0.25, 0.3) is 0 Å². The topological polar surface area (TPSA) is 64.7 Å². The van der Waals surface area contributed by atoms with Gasteiger partial charge in [0, 0.05) is 25.7 Å². The molecular formula is C25H38N4O2. The summed E-state index contributed by atoms with van der Waals surface area (Å²) in [5, 5.41) is 6.13. The summed E-state index contributed by atoms with van der Waals surface area (Å²) < 4.78 is 0. The van der Waals surface area contributed by atoms with Crippen LogP contribution in [-0.4, -0.2) is 66.4 Å². The number of nitrogens with zero attached hydrogens (tertiary/aromatic N) is 2. The molecule has 0 unspecified atom stereocenters. The minimum Gasteiger partial charge on any atom is -0.354 e. The summed E-state index contributed by atoms with van der Waals surface area (Å²) in [6, 6.07) is 8.67. The van der Waals surface area contributed by atoms with E-state index in [1.54, 1.807) is 0 Å². The van der Waals surface area contributed by atoms with E-state index in [9.17, 15) is 9.59 Å². The molecule has 170 valence electrons. The molecule has 1 spiro atoms. The lowest BCUT2D eigenvalue weighted by atomic mass is 9.83. The predicted molar refractivity (Wildman–Crippen MR) is 122 cm³/mol. The molecule has 0 saturated carbocycles. The van der Waals surface area contributed by atoms with Gasteiger partial charge in [-0.05, 0) is 83.1 Å². The number of hydrogen-bond donors (Lipinski definition) is 2. The fourth-order valence-corrected chi connectivity index (χ4v) is 5.45. The van der Waals surface area contributed by atoms with Crippen LogP contribution in [0, 0.1) is 18.3 Å². The number of aryl methyl sites for hydroxylation is 1. The Balaban J connectivity index is 1.21. The van der Waals surface area contributed by atoms with Crippen molar-refractivity contribution < 1.29 is 9.59 Å². The van der Waals surface area contributed by atoms with Crippen LogP contribution in [0.4, 0.5) is 0 Å². The molecule has 1 aromatic carbocycles. The van der Waals surface area contributed by atoms with Gasteiger partial charge in [0.2, 0.25) is 11.8 Å². The first-order valence-electron chi connectivity index (χ1n) is 12.0. The van der Waals surface area contributed by atoms with Crippen molar-refractivity contribution in [3.05, 3.63) is 35.4 Å². The van der Waals surface area contributed by atoms with E-state index in [0.717, 1.165) is 52.0 Å². The average Bonchev–Trinajstić information content (AvgIpc) is 3.33. The molecule has 6 nitrogen and oxygen atoms in total. The fourth-order valence-electron chi connectivity index (χ4n) is 5.45. The molecule has 2 N–H and O–H groups in total. The van der Waals surface area contributed by atoms with Gasteiger partial charge >= 0.3 is 0 Å². The Morgan fingerprint density at radius 3 is 2.65 bits per heavy atom. The highest BCUT2D eigenvalue weighted by Gasteiger charge is 2.52. The van der Waals surface area contributed by atoms with Crippen molar-refractivity contribution in [2.24, 2.45) is 11.3 Å². The number of carbonyl (C=O) groups is 2. The van der Waals surface area contributed by atoms with Crippen molar-refractivity contribution in [1.29, 1.82) is 0 Å². The van der Waals surface area contributed by atoms with E-state index in [-0.39, 0.29) is 23.3 Å². The number of amides is 2. The molecule has 31 heavy (non-hydrogen) atoms. The molecule has 0 radical (unpaired) electrons. The third kappa shape index (κ3) is 4.96. The second-order valence-electron chi connectivity index (χ2n) is 10.2. The number of rotatable bonds is 6. The third-order valence-electron chi connectivity index (χ3n) is 7.74. The van der Waals surface area contributed by atoms with Crippen LogP contribution in [0.15, 0.2) is 24.3 Å². The van der Waals surface area contributed by atoms with Gasteiger partial charge in [-0.3, -0.25) is 19.4 Å². The third-order valence-corrected chi connectivity index (χ3v) is 7.74. The zero-order chi connectivity index (χ0) is 22.0. The second-order valence-corrected chi connectivity index (χ2v) is 10.2. The van der Waals surface area contributed by atoms with E-state index in [1.165, 1.54) is 11.1 Å². The molecule has 1 aromatic rings. The zero-order valence-electron chi connectivity index (χ0n) is 19.3. The summed E-state index contributed by atoms with van der Waals surface area (Å²) in [6.07, 6.45) is 3.71. The SMILES string of the molecule is Cc1ccccc1CN1CCC(CNC(=O)[C@@H]2C[C@@]3(CCN(C(C)C)C3)C(=O)N2)CC1. The van der Waals surface area contributed by atoms with Crippen LogP contribution in [0.3, 0.4) is 0 Å². The number of likely N-dealkylation sites (tertiary alicyclic amines) is 2. The minimum atomic E-state index is -0.374. The lowest BCUT2D eigenvalue weighted by Crippen LogP contribution is -2.44. The highest BCUT2D eigenvalue weighted by atomic mass is 16.2. The molecule has 2 atom stereocenters. The van der Waals surface area contributed by atoms with Crippen LogP contribution in [0.5, 0.6) is 0 Å². The second kappa shape index (κ2) is 9.29. The van der Waals surface area contributed by atoms with E-state index in [1.807, 2.05) is 0 Å². The van der Waals surface area contributed by atoms with E-state index in [0.29, 0.717) is 24.9 Å². The Morgan fingerprint density at radius 1 is 1.23 bits per heavy atom. The van der Waals surface area contributed by atoms with Gasteiger partial charge in [-0.1, -0.05) is 24.3 Å². The van der Waals surface area contributed by atoms with Crippen LogP contribution in [0.1, 0.15) is 50.7 Å². The molecule has 6 heteroatoms. The quantitative estimate of drug-likeness (QED) is 0.733. The smallest absolute Gasteiger partial charge is 0.242 e. The van der Waals surface area contributed by atoms with Crippen LogP contribution < -0.4 is 10.6 Å². The van der Waals surface area contributed by atoms with E-state index >= 15 is 0 Å². The number of hydrogen-bond acceptors (Lipinski definition) is 4. The molecule has 3 aliphatic rings. The van der Waals surface area contributed by atoms with Gasteiger partial charge in [0.15, 0.2) is 0 Å². The summed E-state index contributed by atoms with van der Waals surface area (Å²) in [7, 11) is 0. The van der Waals surface area contributed by atoms with E-state index in [2.05, 4.69) is 65.5 Å². The molecular weight excluding hydrogens is 388 g/mol. The Kier molecular flexibility index (Phi) is 6.68. The number of benzene rings is 1. The Labute approximate surface area is 186 Å². The van der Waals surface area contributed by atoms with Crippen molar-refractivity contribution in [2.75, 3.05) is 32.7 Å². The maximum Gasteiger partial charge on any atom is 0.242 e. The first-order valence-corrected chi connectivity index (χ1v) is 12.0. The van der Waals surface area contributed by atoms with E-state index < -0.39 is 0 Å². The first kappa shape index (κ1) is 22.3. The maximum absolute atomic E-state index is 12.8. The monoisotopic (exact) mass is 426 g/mol. The van der Waals surface area contributed by atoms with Gasteiger partial charge in [0.1, 0.15) is 6.04 Å². The average molecular weight is 427 g/mol. The Bertz CT molecular complexity index is 802. The first-order chi connectivity index (χ1) is 14.9. The molecule has 4 rings (SSSR count). The highest BCUT2D eigenvalue weighted by Crippen LogP contribution is 2.40. The molecule has 3 aliphatic heterocycles. The van der Waals surface area contributed by atoms with Crippen LogP contribution >= 0.6 is 0 Å². The van der Waals surface area contributed by atoms with Crippen molar-refractivity contribution in [1.82, 2.24) is 20.4 Å². The Morgan fingerprint density at radius 2 is 1.97 bits per heavy atom. The summed E-state index contributed by atoms with van der Waals surface area (Å²) in [5.41, 5.74) is 2.39. The van der Waals surface area contributed by atoms with E-state index in [4.69, 9.17) is 0 Å². The molecule has 3 heterocycles. The van der Waals surface area contributed by atoms with Gasteiger partial charge in [-0.25, -0.2) is 0 Å².